The molecule has 0 aliphatic heterocycles. The van der Waals surface area contributed by atoms with Crippen molar-refractivity contribution in [3.8, 4) is 11.5 Å². The predicted molar refractivity (Wildman–Crippen MR) is 195 cm³/mol. The normalized spacial score (nSPS) is 11.9. The summed E-state index contributed by atoms with van der Waals surface area (Å²) < 4.78 is 33.1. The maximum absolute atomic E-state index is 13.7. The van der Waals surface area contributed by atoms with E-state index in [-0.39, 0.29) is 21.5 Å². The minimum Gasteiger partial charge on any atom is -0.495 e. The second-order valence-corrected chi connectivity index (χ2v) is 14.2. The highest BCUT2D eigenvalue weighted by atomic mass is 35.5. The first-order valence-electron chi connectivity index (χ1n) is 15.4. The minimum atomic E-state index is -1.02. The summed E-state index contributed by atoms with van der Waals surface area (Å²) >= 11 is 20.1. The van der Waals surface area contributed by atoms with Gasteiger partial charge in [0.2, 0.25) is 0 Å². The molecule has 1 atom stereocenters. The number of hydrogen-bond donors (Lipinski definition) is 0. The number of carbonyl (C=O) groups excluding carboxylic acids is 4. The maximum Gasteiger partial charge on any atom is 0.320 e. The number of aromatic nitrogens is 2. The van der Waals surface area contributed by atoms with Crippen LogP contribution >= 0.6 is 46.1 Å². The third kappa shape index (κ3) is 6.51. The van der Waals surface area contributed by atoms with Crippen LogP contribution in [0.1, 0.15) is 55.4 Å². The summed E-state index contributed by atoms with van der Waals surface area (Å²) in [4.78, 5) is 55.0. The van der Waals surface area contributed by atoms with Gasteiger partial charge < -0.3 is 14.2 Å². The van der Waals surface area contributed by atoms with Gasteiger partial charge in [0.1, 0.15) is 17.3 Å². The molecule has 0 N–H and O–H groups in total. The molecule has 51 heavy (non-hydrogen) atoms. The van der Waals surface area contributed by atoms with Crippen LogP contribution in [0.4, 0.5) is 4.39 Å². The highest BCUT2D eigenvalue weighted by Crippen LogP contribution is 2.40. The first-order chi connectivity index (χ1) is 24.2. The molecule has 14 heteroatoms. The number of thiophene rings is 1. The van der Waals surface area contributed by atoms with Crippen molar-refractivity contribution in [1.82, 2.24) is 9.13 Å². The Bertz CT molecular complexity index is 2410. The van der Waals surface area contributed by atoms with E-state index in [1.165, 1.54) is 53.7 Å². The number of rotatable bonds is 8. The van der Waals surface area contributed by atoms with Gasteiger partial charge in [-0.15, -0.1) is 11.3 Å². The summed E-state index contributed by atoms with van der Waals surface area (Å²) in [6.07, 6.45) is -0.392. The molecule has 0 saturated carbocycles. The van der Waals surface area contributed by atoms with Crippen LogP contribution in [0.5, 0.6) is 11.5 Å². The Hall–Kier alpha value is -4.68. The van der Waals surface area contributed by atoms with Gasteiger partial charge in [-0.25, -0.2) is 4.39 Å². The Labute approximate surface area is 310 Å². The molecule has 0 fully saturated rings. The van der Waals surface area contributed by atoms with E-state index in [0.29, 0.717) is 65.0 Å². The number of benzene rings is 3. The molecule has 9 nitrogen and oxygen atoms in total. The molecule has 6 aromatic rings. The number of halogens is 4. The summed E-state index contributed by atoms with van der Waals surface area (Å²) in [6, 6.07) is 14.6. The summed E-state index contributed by atoms with van der Waals surface area (Å²) in [5.41, 5.74) is 2.66. The molecule has 6 rings (SSSR count). The lowest BCUT2D eigenvalue weighted by molar-refractivity contribution is -0.160. The second-order valence-electron chi connectivity index (χ2n) is 11.7. The first kappa shape index (κ1) is 36.1. The van der Waals surface area contributed by atoms with Crippen molar-refractivity contribution in [1.29, 1.82) is 0 Å². The molecule has 0 spiro atoms. The highest BCUT2D eigenvalue weighted by molar-refractivity contribution is 7.18. The number of nitrogens with zero attached hydrogens (tertiary/aromatic N) is 2. The zero-order chi connectivity index (χ0) is 36.9. The molecule has 1 unspecified atom stereocenters. The van der Waals surface area contributed by atoms with Gasteiger partial charge in [-0.3, -0.25) is 28.3 Å². The van der Waals surface area contributed by atoms with Crippen molar-refractivity contribution in [2.24, 2.45) is 0 Å². The van der Waals surface area contributed by atoms with Crippen molar-refractivity contribution in [3.05, 3.63) is 114 Å². The average molecular weight is 770 g/mol. The van der Waals surface area contributed by atoms with E-state index in [2.05, 4.69) is 0 Å². The van der Waals surface area contributed by atoms with Crippen molar-refractivity contribution in [3.63, 3.8) is 0 Å². The molecule has 0 bridgehead atoms. The lowest BCUT2D eigenvalue weighted by atomic mass is 9.97. The van der Waals surface area contributed by atoms with E-state index in [9.17, 15) is 23.6 Å². The van der Waals surface area contributed by atoms with Gasteiger partial charge in [0.15, 0.2) is 0 Å². The average Bonchev–Trinajstić information content (AvgIpc) is 3.73. The maximum atomic E-state index is 13.7. The van der Waals surface area contributed by atoms with Gasteiger partial charge in [-0.05, 0) is 92.6 Å². The van der Waals surface area contributed by atoms with Crippen LogP contribution < -0.4 is 9.47 Å². The van der Waals surface area contributed by atoms with Gasteiger partial charge in [0.25, 0.3) is 11.8 Å². The second kappa shape index (κ2) is 14.1. The summed E-state index contributed by atoms with van der Waals surface area (Å²) in [7, 11) is 2.88. The first-order valence-corrected chi connectivity index (χ1v) is 17.3. The number of esters is 2. The van der Waals surface area contributed by atoms with Crippen LogP contribution in [0.3, 0.4) is 0 Å². The molecule has 3 aromatic heterocycles. The SMILES string of the molecule is COc1cc2c(CC(=O)OC(=O)C(C)c3c(C)n(C(=O)c4ccc(Cl)s4)c4cc(Cl)c(OC)cc34)c(C)n(C(=O)c3ccc(F)cc3)c2cc1Cl. The third-order valence-corrected chi connectivity index (χ3v) is 10.5. The molecule has 0 saturated heterocycles. The molecule has 0 amide bonds. The Morgan fingerprint density at radius 3 is 1.92 bits per heavy atom. The van der Waals surface area contributed by atoms with Gasteiger partial charge in [-0.2, -0.15) is 0 Å². The highest BCUT2D eigenvalue weighted by Gasteiger charge is 2.31. The van der Waals surface area contributed by atoms with Gasteiger partial charge in [0, 0.05) is 27.7 Å². The number of ether oxygens (including phenoxy) is 3. The summed E-state index contributed by atoms with van der Waals surface area (Å²) in [6.45, 7) is 4.90. The molecule has 0 aliphatic carbocycles. The van der Waals surface area contributed by atoms with Crippen LogP contribution in [0, 0.1) is 19.7 Å². The van der Waals surface area contributed by atoms with Gasteiger partial charge in [0.05, 0.1) is 56.9 Å². The molecule has 3 aromatic carbocycles. The number of methoxy groups -OCH3 is 2. The van der Waals surface area contributed by atoms with E-state index in [1.54, 1.807) is 51.1 Å². The zero-order valence-corrected chi connectivity index (χ0v) is 30.8. The van der Waals surface area contributed by atoms with Crippen LogP contribution in [0.25, 0.3) is 21.8 Å². The lowest BCUT2D eigenvalue weighted by Gasteiger charge is -2.13. The fourth-order valence-corrected chi connectivity index (χ4v) is 7.73. The van der Waals surface area contributed by atoms with E-state index >= 15 is 0 Å². The molecule has 262 valence electrons. The Morgan fingerprint density at radius 1 is 0.784 bits per heavy atom. The van der Waals surface area contributed by atoms with Gasteiger partial charge >= 0.3 is 11.9 Å². The molecule has 0 radical (unpaired) electrons. The van der Waals surface area contributed by atoms with Crippen LogP contribution in [-0.2, 0) is 20.7 Å². The number of carbonyl (C=O) groups is 4. The number of hydrogen-bond acceptors (Lipinski definition) is 8. The summed E-state index contributed by atoms with van der Waals surface area (Å²) in [5.74, 6) is -3.52. The topological polar surface area (TPSA) is 106 Å². The van der Waals surface area contributed by atoms with Crippen molar-refractivity contribution in [2.45, 2.75) is 33.1 Å². The monoisotopic (exact) mass is 768 g/mol. The quantitative estimate of drug-likeness (QED) is 0.112. The smallest absolute Gasteiger partial charge is 0.320 e. The van der Waals surface area contributed by atoms with Crippen molar-refractivity contribution < 1.29 is 37.8 Å². The largest absolute Gasteiger partial charge is 0.495 e. The third-order valence-electron chi connectivity index (χ3n) is 8.74. The molecular formula is C37H28Cl3FN2O7S. The van der Waals surface area contributed by atoms with E-state index < -0.39 is 36.0 Å². The van der Waals surface area contributed by atoms with Crippen molar-refractivity contribution in [2.75, 3.05) is 14.2 Å². The van der Waals surface area contributed by atoms with Crippen LogP contribution in [0.2, 0.25) is 14.4 Å². The zero-order valence-electron chi connectivity index (χ0n) is 27.7. The van der Waals surface area contributed by atoms with E-state index in [0.717, 1.165) is 11.3 Å². The fourth-order valence-electron chi connectivity index (χ4n) is 6.29. The minimum absolute atomic E-state index is 0.203. The predicted octanol–water partition coefficient (Wildman–Crippen LogP) is 9.18. The summed E-state index contributed by atoms with van der Waals surface area (Å²) in [5, 5.41) is 1.45. The van der Waals surface area contributed by atoms with Crippen molar-refractivity contribution >= 4 is 91.7 Å². The molecule has 3 heterocycles. The van der Waals surface area contributed by atoms with Crippen LogP contribution in [-0.4, -0.2) is 47.1 Å². The van der Waals surface area contributed by atoms with Crippen LogP contribution in [0.15, 0.2) is 60.7 Å². The lowest BCUT2D eigenvalue weighted by Crippen LogP contribution is -2.21. The fraction of sp³-hybridized carbons (Fsp3) is 0.189. The molecular weight excluding hydrogens is 742 g/mol. The van der Waals surface area contributed by atoms with Gasteiger partial charge in [-0.1, -0.05) is 34.8 Å². The Balaban J connectivity index is 1.36. The number of fused-ring (bicyclic) bond motifs is 2. The standard InChI is InChI=1S/C37H28Cl3FN2O7S/c1-17(34-19(3)43(36(46)31-10-11-32(40)51-31)28-16-26(39)30(49-5)13-24(28)34)37(47)50-33(44)14-22-18(2)42(35(45)20-6-8-21(41)9-7-20)27-15-25(38)29(48-4)12-23(22)27/h6-13,15-17H,14H2,1-5H3. The Kier molecular flexibility index (Phi) is 10.0. The van der Waals surface area contributed by atoms with E-state index in [1.807, 2.05) is 0 Å². The Morgan fingerprint density at radius 2 is 1.35 bits per heavy atom. The van der Waals surface area contributed by atoms with E-state index in [4.69, 9.17) is 49.0 Å². The molecule has 0 aliphatic rings.